The fraction of sp³-hybridized carbons (Fsp3) is 0.333. The van der Waals surface area contributed by atoms with E-state index in [0.29, 0.717) is 6.04 Å². The van der Waals surface area contributed by atoms with Gasteiger partial charge in [-0.2, -0.15) is 0 Å². The quantitative estimate of drug-likeness (QED) is 0.898. The molecule has 1 fully saturated rings. The van der Waals surface area contributed by atoms with E-state index in [1.807, 2.05) is 0 Å². The van der Waals surface area contributed by atoms with Crippen LogP contribution in [0.3, 0.4) is 0 Å². The third kappa shape index (κ3) is 2.13. The van der Waals surface area contributed by atoms with Crippen molar-refractivity contribution in [2.45, 2.75) is 25.5 Å². The maximum Gasteiger partial charge on any atom is 0.0748 e. The zero-order valence-electron chi connectivity index (χ0n) is 10.3. The summed E-state index contributed by atoms with van der Waals surface area (Å²) in [6.45, 7) is 2.99. The third-order valence-corrected chi connectivity index (χ3v) is 4.28. The summed E-state index contributed by atoms with van der Waals surface area (Å²) in [6, 6.07) is 13.1. The van der Waals surface area contributed by atoms with Crippen LogP contribution in [0.5, 0.6) is 0 Å². The standard InChI is InChI=1S/C15H16BrNO/c1-10-14(8-9-18-10)17-15-7-6-13(16)11-4-2-3-5-12(11)15/h2-7,10,14,17H,8-9H2,1H3. The molecule has 2 aromatic carbocycles. The van der Waals surface area contributed by atoms with Crippen LogP contribution in [0.4, 0.5) is 5.69 Å². The first kappa shape index (κ1) is 12.0. The van der Waals surface area contributed by atoms with Gasteiger partial charge in [-0.1, -0.05) is 40.2 Å². The van der Waals surface area contributed by atoms with E-state index in [2.05, 4.69) is 64.6 Å². The maximum atomic E-state index is 5.60. The number of benzene rings is 2. The summed E-state index contributed by atoms with van der Waals surface area (Å²) < 4.78 is 6.74. The van der Waals surface area contributed by atoms with Gasteiger partial charge in [-0.15, -0.1) is 0 Å². The molecule has 1 heterocycles. The number of nitrogens with one attached hydrogen (secondary N) is 1. The Morgan fingerprint density at radius 2 is 1.94 bits per heavy atom. The summed E-state index contributed by atoms with van der Waals surface area (Å²) in [4.78, 5) is 0. The van der Waals surface area contributed by atoms with Crippen molar-refractivity contribution in [1.82, 2.24) is 0 Å². The lowest BCUT2D eigenvalue weighted by Gasteiger charge is -2.19. The molecule has 0 saturated carbocycles. The van der Waals surface area contributed by atoms with Crippen LogP contribution in [0.25, 0.3) is 10.8 Å². The molecule has 94 valence electrons. The molecule has 2 atom stereocenters. The minimum atomic E-state index is 0.285. The van der Waals surface area contributed by atoms with Crippen LogP contribution in [0.1, 0.15) is 13.3 Å². The van der Waals surface area contributed by atoms with E-state index in [-0.39, 0.29) is 6.10 Å². The topological polar surface area (TPSA) is 21.3 Å². The molecule has 0 radical (unpaired) electrons. The Labute approximate surface area is 115 Å². The van der Waals surface area contributed by atoms with Gasteiger partial charge in [0.05, 0.1) is 12.1 Å². The SMILES string of the molecule is CC1OCCC1Nc1ccc(Br)c2ccccc12. The average Bonchev–Trinajstić information content (AvgIpc) is 2.79. The Bertz CT molecular complexity index is 569. The molecule has 0 aromatic heterocycles. The van der Waals surface area contributed by atoms with Gasteiger partial charge in [0.2, 0.25) is 0 Å². The van der Waals surface area contributed by atoms with E-state index in [1.54, 1.807) is 0 Å². The van der Waals surface area contributed by atoms with E-state index >= 15 is 0 Å². The van der Waals surface area contributed by atoms with Crippen molar-refractivity contribution in [2.24, 2.45) is 0 Å². The van der Waals surface area contributed by atoms with Crippen molar-refractivity contribution < 1.29 is 4.74 Å². The molecule has 0 amide bonds. The highest BCUT2D eigenvalue weighted by Gasteiger charge is 2.24. The van der Waals surface area contributed by atoms with Crippen molar-refractivity contribution >= 4 is 32.4 Å². The molecule has 18 heavy (non-hydrogen) atoms. The van der Waals surface area contributed by atoms with Gasteiger partial charge in [0.1, 0.15) is 0 Å². The number of rotatable bonds is 2. The number of ether oxygens (including phenoxy) is 1. The molecule has 3 heteroatoms. The van der Waals surface area contributed by atoms with Gasteiger partial charge < -0.3 is 10.1 Å². The van der Waals surface area contributed by atoms with Gasteiger partial charge in [0.15, 0.2) is 0 Å². The normalized spacial score (nSPS) is 23.4. The summed E-state index contributed by atoms with van der Waals surface area (Å²) >= 11 is 3.60. The highest BCUT2D eigenvalue weighted by molar-refractivity contribution is 9.10. The third-order valence-electron chi connectivity index (χ3n) is 3.59. The Kier molecular flexibility index (Phi) is 3.27. The van der Waals surface area contributed by atoms with Crippen LogP contribution < -0.4 is 5.32 Å². The van der Waals surface area contributed by atoms with E-state index in [1.165, 1.54) is 16.5 Å². The molecule has 1 N–H and O–H groups in total. The van der Waals surface area contributed by atoms with Crippen molar-refractivity contribution in [2.75, 3.05) is 11.9 Å². The van der Waals surface area contributed by atoms with E-state index in [9.17, 15) is 0 Å². The minimum Gasteiger partial charge on any atom is -0.379 e. The average molecular weight is 306 g/mol. The summed E-state index contributed by atoms with van der Waals surface area (Å²) in [5, 5.41) is 6.12. The van der Waals surface area contributed by atoms with Crippen LogP contribution in [-0.4, -0.2) is 18.8 Å². The van der Waals surface area contributed by atoms with Crippen LogP contribution in [0.2, 0.25) is 0 Å². The second-order valence-electron chi connectivity index (χ2n) is 4.76. The van der Waals surface area contributed by atoms with Crippen LogP contribution in [0.15, 0.2) is 40.9 Å². The van der Waals surface area contributed by atoms with Crippen molar-refractivity contribution in [3.63, 3.8) is 0 Å². The zero-order chi connectivity index (χ0) is 12.5. The minimum absolute atomic E-state index is 0.285. The predicted molar refractivity (Wildman–Crippen MR) is 79.1 cm³/mol. The van der Waals surface area contributed by atoms with E-state index in [0.717, 1.165) is 17.5 Å². The van der Waals surface area contributed by atoms with Crippen molar-refractivity contribution in [3.8, 4) is 0 Å². The summed E-state index contributed by atoms with van der Waals surface area (Å²) in [5.74, 6) is 0. The summed E-state index contributed by atoms with van der Waals surface area (Å²) in [5.41, 5.74) is 1.19. The van der Waals surface area contributed by atoms with Crippen LogP contribution >= 0.6 is 15.9 Å². The first-order valence-corrected chi connectivity index (χ1v) is 7.10. The van der Waals surface area contributed by atoms with Gasteiger partial charge in [-0.05, 0) is 30.9 Å². The smallest absolute Gasteiger partial charge is 0.0748 e. The fourth-order valence-corrected chi connectivity index (χ4v) is 2.99. The van der Waals surface area contributed by atoms with Crippen molar-refractivity contribution in [1.29, 1.82) is 0 Å². The zero-order valence-corrected chi connectivity index (χ0v) is 11.9. The van der Waals surface area contributed by atoms with Gasteiger partial charge in [-0.25, -0.2) is 0 Å². The van der Waals surface area contributed by atoms with Gasteiger partial charge in [0.25, 0.3) is 0 Å². The lowest BCUT2D eigenvalue weighted by Crippen LogP contribution is -2.26. The lowest BCUT2D eigenvalue weighted by molar-refractivity contribution is 0.121. The molecule has 2 nitrogen and oxygen atoms in total. The Morgan fingerprint density at radius 1 is 1.17 bits per heavy atom. The number of anilines is 1. The number of hydrogen-bond acceptors (Lipinski definition) is 2. The van der Waals surface area contributed by atoms with Crippen LogP contribution in [0, 0.1) is 0 Å². The van der Waals surface area contributed by atoms with Gasteiger partial charge in [0, 0.05) is 22.2 Å². The Balaban J connectivity index is 1.99. The molecule has 3 rings (SSSR count). The Morgan fingerprint density at radius 3 is 2.67 bits per heavy atom. The molecule has 1 aliphatic rings. The monoisotopic (exact) mass is 305 g/mol. The van der Waals surface area contributed by atoms with Crippen molar-refractivity contribution in [3.05, 3.63) is 40.9 Å². The van der Waals surface area contributed by atoms with E-state index < -0.39 is 0 Å². The van der Waals surface area contributed by atoms with Gasteiger partial charge in [-0.3, -0.25) is 0 Å². The largest absolute Gasteiger partial charge is 0.379 e. The molecule has 2 aromatic rings. The molecule has 0 spiro atoms. The second kappa shape index (κ2) is 4.90. The highest BCUT2D eigenvalue weighted by atomic mass is 79.9. The number of halogens is 1. The first-order valence-electron chi connectivity index (χ1n) is 6.31. The summed E-state index contributed by atoms with van der Waals surface area (Å²) in [7, 11) is 0. The fourth-order valence-electron chi connectivity index (χ4n) is 2.51. The maximum absolute atomic E-state index is 5.60. The van der Waals surface area contributed by atoms with Crippen LogP contribution in [-0.2, 0) is 4.74 Å². The molecule has 1 saturated heterocycles. The second-order valence-corrected chi connectivity index (χ2v) is 5.61. The lowest BCUT2D eigenvalue weighted by atomic mass is 10.1. The molecule has 1 aliphatic heterocycles. The molecular weight excluding hydrogens is 290 g/mol. The molecule has 2 unspecified atom stereocenters. The van der Waals surface area contributed by atoms with E-state index in [4.69, 9.17) is 4.74 Å². The molecule has 0 bridgehead atoms. The molecule has 0 aliphatic carbocycles. The van der Waals surface area contributed by atoms with Gasteiger partial charge >= 0.3 is 0 Å². The number of hydrogen-bond donors (Lipinski definition) is 1. The predicted octanol–water partition coefficient (Wildman–Crippen LogP) is 4.19. The first-order chi connectivity index (χ1) is 8.75. The highest BCUT2D eigenvalue weighted by Crippen LogP contribution is 2.31. The summed E-state index contributed by atoms with van der Waals surface area (Å²) in [6.07, 6.45) is 1.36. The molecular formula is C15H16BrNO. The Hall–Kier alpha value is -1.06. The number of fused-ring (bicyclic) bond motifs is 1.